The summed E-state index contributed by atoms with van der Waals surface area (Å²) in [5, 5.41) is 3.31. The number of aliphatic imine (C=N–C) groups is 1. The smallest absolute Gasteiger partial charge is 0.209 e. The zero-order chi connectivity index (χ0) is 14.9. The second kappa shape index (κ2) is 5.07. The third-order valence-corrected chi connectivity index (χ3v) is 3.65. The average molecular weight is 291 g/mol. The van der Waals surface area contributed by atoms with Crippen molar-refractivity contribution in [3.05, 3.63) is 66.0 Å². The Morgan fingerprint density at radius 3 is 3.05 bits per heavy atom. The lowest BCUT2D eigenvalue weighted by molar-refractivity contribution is 0.104. The van der Waals surface area contributed by atoms with Gasteiger partial charge in [0, 0.05) is 30.6 Å². The van der Waals surface area contributed by atoms with E-state index in [9.17, 15) is 4.79 Å². The van der Waals surface area contributed by atoms with Gasteiger partial charge < -0.3 is 10.2 Å². The van der Waals surface area contributed by atoms with Crippen LogP contribution < -0.4 is 5.32 Å². The fourth-order valence-electron chi connectivity index (χ4n) is 2.64. The monoisotopic (exact) mass is 291 g/mol. The Labute approximate surface area is 127 Å². The standard InChI is InChI=1S/C16H13N5O/c22-14(13-10-17-5-6-18-13)9-15-20-12-4-2-1-3-11(12)16-19-7-8-21(15)16/h1-6,9-10,20H,7-8H2/b15-9+. The minimum atomic E-state index is -0.179. The molecule has 0 radical (unpaired) electrons. The number of amidine groups is 1. The first kappa shape index (κ1) is 12.7. The Kier molecular flexibility index (Phi) is 2.93. The Morgan fingerprint density at radius 1 is 1.27 bits per heavy atom. The third kappa shape index (κ3) is 2.05. The Balaban J connectivity index is 1.73. The molecule has 0 unspecified atom stereocenters. The molecule has 4 rings (SSSR count). The normalized spacial score (nSPS) is 17.5. The number of fused-ring (bicyclic) bond motifs is 3. The summed E-state index contributed by atoms with van der Waals surface area (Å²) in [4.78, 5) is 26.9. The molecule has 0 saturated carbocycles. The van der Waals surface area contributed by atoms with Crippen LogP contribution in [0.1, 0.15) is 16.1 Å². The molecule has 0 atom stereocenters. The summed E-state index contributed by atoms with van der Waals surface area (Å²) in [6, 6.07) is 7.95. The van der Waals surface area contributed by atoms with Gasteiger partial charge in [0.15, 0.2) is 0 Å². The van der Waals surface area contributed by atoms with E-state index in [1.54, 1.807) is 12.3 Å². The first-order chi connectivity index (χ1) is 10.8. The summed E-state index contributed by atoms with van der Waals surface area (Å²) in [6.07, 6.45) is 6.08. The van der Waals surface area contributed by atoms with Crippen LogP contribution in [-0.4, -0.2) is 39.6 Å². The van der Waals surface area contributed by atoms with Gasteiger partial charge in [-0.1, -0.05) is 12.1 Å². The van der Waals surface area contributed by atoms with Gasteiger partial charge in [-0.3, -0.25) is 14.8 Å². The number of benzene rings is 1. The number of hydrogen-bond donors (Lipinski definition) is 1. The molecule has 2 aliphatic rings. The van der Waals surface area contributed by atoms with E-state index in [1.165, 1.54) is 12.4 Å². The summed E-state index contributed by atoms with van der Waals surface area (Å²) in [5.41, 5.74) is 2.34. The van der Waals surface area contributed by atoms with Crippen molar-refractivity contribution in [2.24, 2.45) is 4.99 Å². The van der Waals surface area contributed by atoms with Crippen molar-refractivity contribution in [3.63, 3.8) is 0 Å². The molecule has 6 heteroatoms. The summed E-state index contributed by atoms with van der Waals surface area (Å²) < 4.78 is 0. The van der Waals surface area contributed by atoms with Crippen molar-refractivity contribution in [1.29, 1.82) is 0 Å². The zero-order valence-corrected chi connectivity index (χ0v) is 11.7. The van der Waals surface area contributed by atoms with Crippen LogP contribution in [0.3, 0.4) is 0 Å². The zero-order valence-electron chi connectivity index (χ0n) is 11.7. The van der Waals surface area contributed by atoms with Crippen LogP contribution in [0.5, 0.6) is 0 Å². The molecule has 0 spiro atoms. The van der Waals surface area contributed by atoms with E-state index < -0.39 is 0 Å². The highest BCUT2D eigenvalue weighted by Gasteiger charge is 2.29. The molecule has 6 nitrogen and oxygen atoms in total. The Morgan fingerprint density at radius 2 is 2.18 bits per heavy atom. The number of ketones is 1. The Hall–Kier alpha value is -3.02. The number of allylic oxidation sites excluding steroid dienone is 1. The fourth-order valence-corrected chi connectivity index (χ4v) is 2.64. The van der Waals surface area contributed by atoms with Crippen LogP contribution in [-0.2, 0) is 0 Å². The van der Waals surface area contributed by atoms with Crippen LogP contribution in [0.15, 0.2) is 59.7 Å². The molecule has 2 aliphatic heterocycles. The maximum Gasteiger partial charge on any atom is 0.209 e. The molecule has 108 valence electrons. The number of hydrogen-bond acceptors (Lipinski definition) is 6. The van der Waals surface area contributed by atoms with Crippen LogP contribution >= 0.6 is 0 Å². The molecule has 0 fully saturated rings. The van der Waals surface area contributed by atoms with Gasteiger partial charge in [0.1, 0.15) is 17.4 Å². The lowest BCUT2D eigenvalue weighted by atomic mass is 10.1. The SMILES string of the molecule is O=C(/C=C1\Nc2ccccc2C2=NCCN21)c1cnccn1. The molecule has 0 amide bonds. The van der Waals surface area contributed by atoms with E-state index in [0.29, 0.717) is 5.69 Å². The van der Waals surface area contributed by atoms with Crippen LogP contribution in [0.4, 0.5) is 5.69 Å². The first-order valence-corrected chi connectivity index (χ1v) is 7.03. The number of para-hydroxylation sites is 1. The highest BCUT2D eigenvalue weighted by Crippen LogP contribution is 2.29. The summed E-state index contributed by atoms with van der Waals surface area (Å²) in [5.74, 6) is 1.46. The van der Waals surface area contributed by atoms with Gasteiger partial charge in [-0.25, -0.2) is 4.98 Å². The largest absolute Gasteiger partial charge is 0.341 e. The molecule has 1 N–H and O–H groups in total. The number of nitrogens with zero attached hydrogens (tertiary/aromatic N) is 4. The summed E-state index contributed by atoms with van der Waals surface area (Å²) in [6.45, 7) is 1.48. The predicted octanol–water partition coefficient (Wildman–Crippen LogP) is 1.69. The van der Waals surface area contributed by atoms with Gasteiger partial charge in [0.2, 0.25) is 5.78 Å². The number of nitrogens with one attached hydrogen (secondary N) is 1. The quantitative estimate of drug-likeness (QED) is 0.673. The number of carbonyl (C=O) groups is 1. The molecular formula is C16H13N5O. The van der Waals surface area contributed by atoms with Crippen molar-refractivity contribution < 1.29 is 4.79 Å². The maximum atomic E-state index is 12.3. The predicted molar refractivity (Wildman–Crippen MR) is 82.6 cm³/mol. The fraction of sp³-hybridized carbons (Fsp3) is 0.125. The van der Waals surface area contributed by atoms with Gasteiger partial charge in [0.05, 0.1) is 18.4 Å². The average Bonchev–Trinajstić information content (AvgIpc) is 3.06. The molecule has 22 heavy (non-hydrogen) atoms. The van der Waals surface area contributed by atoms with Crippen LogP contribution in [0, 0.1) is 0 Å². The van der Waals surface area contributed by atoms with E-state index in [1.807, 2.05) is 29.2 Å². The lowest BCUT2D eigenvalue weighted by Gasteiger charge is -2.31. The topological polar surface area (TPSA) is 70.5 Å². The van der Waals surface area contributed by atoms with E-state index >= 15 is 0 Å². The summed E-state index contributed by atoms with van der Waals surface area (Å²) >= 11 is 0. The molecule has 0 aliphatic carbocycles. The number of carbonyl (C=O) groups excluding carboxylic acids is 1. The minimum absolute atomic E-state index is 0.179. The molecule has 0 bridgehead atoms. The van der Waals surface area contributed by atoms with Crippen molar-refractivity contribution in [3.8, 4) is 0 Å². The van der Waals surface area contributed by atoms with Crippen molar-refractivity contribution in [2.75, 3.05) is 18.4 Å². The number of anilines is 1. The Bertz CT molecular complexity index is 797. The molecule has 0 saturated heterocycles. The van der Waals surface area contributed by atoms with Crippen molar-refractivity contribution in [2.45, 2.75) is 0 Å². The maximum absolute atomic E-state index is 12.3. The molecule has 1 aromatic heterocycles. The lowest BCUT2D eigenvalue weighted by Crippen LogP contribution is -2.36. The van der Waals surface area contributed by atoms with E-state index in [-0.39, 0.29) is 5.78 Å². The highest BCUT2D eigenvalue weighted by atomic mass is 16.1. The molecule has 1 aromatic carbocycles. The van der Waals surface area contributed by atoms with Gasteiger partial charge in [-0.05, 0) is 12.1 Å². The van der Waals surface area contributed by atoms with Gasteiger partial charge >= 0.3 is 0 Å². The van der Waals surface area contributed by atoms with E-state index in [0.717, 1.165) is 36.0 Å². The first-order valence-electron chi connectivity index (χ1n) is 7.03. The van der Waals surface area contributed by atoms with Gasteiger partial charge in [-0.15, -0.1) is 0 Å². The molecular weight excluding hydrogens is 278 g/mol. The summed E-state index contributed by atoms with van der Waals surface area (Å²) in [7, 11) is 0. The molecule has 2 aromatic rings. The number of rotatable bonds is 2. The van der Waals surface area contributed by atoms with Crippen molar-refractivity contribution >= 4 is 17.3 Å². The molecule has 3 heterocycles. The third-order valence-electron chi connectivity index (χ3n) is 3.65. The van der Waals surface area contributed by atoms with E-state index in [2.05, 4.69) is 20.3 Å². The number of aromatic nitrogens is 2. The van der Waals surface area contributed by atoms with Crippen LogP contribution in [0.2, 0.25) is 0 Å². The van der Waals surface area contributed by atoms with Gasteiger partial charge in [-0.2, -0.15) is 0 Å². The van der Waals surface area contributed by atoms with E-state index in [4.69, 9.17) is 0 Å². The minimum Gasteiger partial charge on any atom is -0.341 e. The van der Waals surface area contributed by atoms with Gasteiger partial charge in [0.25, 0.3) is 0 Å². The second-order valence-electron chi connectivity index (χ2n) is 5.01. The van der Waals surface area contributed by atoms with Crippen LogP contribution in [0.25, 0.3) is 0 Å². The van der Waals surface area contributed by atoms with Crippen molar-refractivity contribution in [1.82, 2.24) is 14.9 Å². The second-order valence-corrected chi connectivity index (χ2v) is 5.01. The highest BCUT2D eigenvalue weighted by molar-refractivity contribution is 6.09.